The molecule has 0 saturated heterocycles. The maximum absolute atomic E-state index is 12.2. The lowest BCUT2D eigenvalue weighted by Crippen LogP contribution is -2.44. The zero-order chi connectivity index (χ0) is 12.6. The minimum absolute atomic E-state index is 0.186. The number of carbonyl (C=O) groups excluding carboxylic acids is 2. The van der Waals surface area contributed by atoms with Crippen LogP contribution in [-0.4, -0.2) is 18.8 Å². The smallest absolute Gasteiger partial charge is 0.231 e. The number of methoxy groups -OCH3 is 1. The lowest BCUT2D eigenvalue weighted by Gasteiger charge is -2.30. The molecule has 0 saturated carbocycles. The second-order valence-corrected chi connectivity index (χ2v) is 4.55. The Morgan fingerprint density at radius 3 is 2.76 bits per heavy atom. The van der Waals surface area contributed by atoms with Crippen LogP contribution in [0.1, 0.15) is 29.3 Å². The van der Waals surface area contributed by atoms with E-state index in [1.165, 1.54) is 0 Å². The molecule has 1 aliphatic rings. The van der Waals surface area contributed by atoms with Crippen molar-refractivity contribution in [2.45, 2.75) is 19.8 Å². The van der Waals surface area contributed by atoms with Gasteiger partial charge in [-0.25, -0.2) is 0 Å². The molecule has 1 amide bonds. The van der Waals surface area contributed by atoms with Crippen molar-refractivity contribution in [2.75, 3.05) is 7.11 Å². The molecule has 1 unspecified atom stereocenters. The van der Waals surface area contributed by atoms with E-state index < -0.39 is 11.3 Å². The number of amides is 1. The van der Waals surface area contributed by atoms with Gasteiger partial charge < -0.3 is 10.5 Å². The molecule has 1 aromatic carbocycles. The highest BCUT2D eigenvalue weighted by atomic mass is 16.5. The van der Waals surface area contributed by atoms with Gasteiger partial charge in [-0.2, -0.15) is 0 Å². The van der Waals surface area contributed by atoms with Gasteiger partial charge in [-0.3, -0.25) is 9.59 Å². The number of primary amides is 1. The summed E-state index contributed by atoms with van der Waals surface area (Å²) < 4.78 is 5.11. The molecule has 90 valence electrons. The number of carbonyl (C=O) groups is 2. The third kappa shape index (κ3) is 1.69. The SMILES string of the molecule is COc1ccc2c(c1)CCC(C)(C(N)=O)C2=O. The highest BCUT2D eigenvalue weighted by molar-refractivity contribution is 6.14. The number of nitrogens with two attached hydrogens (primary N) is 1. The summed E-state index contributed by atoms with van der Waals surface area (Å²) in [7, 11) is 1.58. The van der Waals surface area contributed by atoms with Gasteiger partial charge in [-0.15, -0.1) is 0 Å². The number of hydrogen-bond donors (Lipinski definition) is 1. The Bertz CT molecular complexity index is 495. The molecule has 0 spiro atoms. The molecule has 0 bridgehead atoms. The van der Waals surface area contributed by atoms with Crippen LogP contribution < -0.4 is 10.5 Å². The minimum atomic E-state index is -1.07. The fraction of sp³-hybridized carbons (Fsp3) is 0.385. The summed E-state index contributed by atoms with van der Waals surface area (Å²) >= 11 is 0. The first-order chi connectivity index (χ1) is 7.99. The van der Waals surface area contributed by atoms with Crippen LogP contribution in [0.2, 0.25) is 0 Å². The van der Waals surface area contributed by atoms with E-state index in [0.29, 0.717) is 18.4 Å². The molecule has 4 nitrogen and oxygen atoms in total. The number of fused-ring (bicyclic) bond motifs is 1. The average Bonchev–Trinajstić information content (AvgIpc) is 2.33. The van der Waals surface area contributed by atoms with Gasteiger partial charge in [0.05, 0.1) is 7.11 Å². The Morgan fingerprint density at radius 2 is 2.18 bits per heavy atom. The summed E-state index contributed by atoms with van der Waals surface area (Å²) in [6.07, 6.45) is 1.12. The van der Waals surface area contributed by atoms with Crippen LogP contribution in [0.5, 0.6) is 5.75 Å². The molecule has 2 rings (SSSR count). The Kier molecular flexibility index (Phi) is 2.65. The standard InChI is InChI=1S/C13H15NO3/c1-13(12(14)16)6-5-8-7-9(17-2)3-4-10(8)11(13)15/h3-4,7H,5-6H2,1-2H3,(H2,14,16). The highest BCUT2D eigenvalue weighted by Gasteiger charge is 2.43. The largest absolute Gasteiger partial charge is 0.497 e. The number of hydrogen-bond acceptors (Lipinski definition) is 3. The monoisotopic (exact) mass is 233 g/mol. The third-order valence-electron chi connectivity index (χ3n) is 3.50. The van der Waals surface area contributed by atoms with Crippen LogP contribution in [0.15, 0.2) is 18.2 Å². The predicted molar refractivity (Wildman–Crippen MR) is 62.9 cm³/mol. The van der Waals surface area contributed by atoms with Gasteiger partial charge in [0.15, 0.2) is 5.78 Å². The first kappa shape index (κ1) is 11.6. The fourth-order valence-corrected chi connectivity index (χ4v) is 2.16. The summed E-state index contributed by atoms with van der Waals surface area (Å²) in [4.78, 5) is 23.6. The van der Waals surface area contributed by atoms with Crippen molar-refractivity contribution >= 4 is 11.7 Å². The van der Waals surface area contributed by atoms with E-state index in [4.69, 9.17) is 10.5 Å². The first-order valence-electron chi connectivity index (χ1n) is 5.50. The predicted octanol–water partition coefficient (Wildman–Crippen LogP) is 1.32. The van der Waals surface area contributed by atoms with Gasteiger partial charge in [0.2, 0.25) is 5.91 Å². The lowest BCUT2D eigenvalue weighted by atomic mass is 9.71. The number of Topliss-reactive ketones (excluding diaryl/α,β-unsaturated/α-hetero) is 1. The molecular formula is C13H15NO3. The van der Waals surface area contributed by atoms with Gasteiger partial charge in [-0.1, -0.05) is 0 Å². The van der Waals surface area contributed by atoms with E-state index >= 15 is 0 Å². The molecule has 0 aliphatic heterocycles. The summed E-state index contributed by atoms with van der Waals surface area (Å²) in [6.45, 7) is 1.62. The van der Waals surface area contributed by atoms with E-state index in [2.05, 4.69) is 0 Å². The number of ether oxygens (including phenoxy) is 1. The van der Waals surface area contributed by atoms with Crippen molar-refractivity contribution in [2.24, 2.45) is 11.1 Å². The van der Waals surface area contributed by atoms with Crippen molar-refractivity contribution in [1.82, 2.24) is 0 Å². The van der Waals surface area contributed by atoms with Crippen molar-refractivity contribution < 1.29 is 14.3 Å². The summed E-state index contributed by atoms with van der Waals surface area (Å²) in [5.74, 6) is -0.0166. The van der Waals surface area contributed by atoms with Gasteiger partial charge in [0, 0.05) is 5.56 Å². The summed E-state index contributed by atoms with van der Waals surface area (Å²) in [5, 5.41) is 0. The molecule has 0 radical (unpaired) electrons. The topological polar surface area (TPSA) is 69.4 Å². The minimum Gasteiger partial charge on any atom is -0.497 e. The first-order valence-corrected chi connectivity index (χ1v) is 5.50. The third-order valence-corrected chi connectivity index (χ3v) is 3.50. The maximum Gasteiger partial charge on any atom is 0.231 e. The number of ketones is 1. The van der Waals surface area contributed by atoms with Crippen molar-refractivity contribution in [3.8, 4) is 5.75 Å². The zero-order valence-electron chi connectivity index (χ0n) is 9.95. The molecule has 0 fully saturated rings. The Hall–Kier alpha value is -1.84. The fourth-order valence-electron chi connectivity index (χ4n) is 2.16. The zero-order valence-corrected chi connectivity index (χ0v) is 9.95. The van der Waals surface area contributed by atoms with Crippen LogP contribution in [-0.2, 0) is 11.2 Å². The molecule has 0 aromatic heterocycles. The second kappa shape index (κ2) is 3.87. The Labute approximate surface area is 99.8 Å². The summed E-state index contributed by atoms with van der Waals surface area (Å²) in [5.41, 5.74) is 5.76. The lowest BCUT2D eigenvalue weighted by molar-refractivity contribution is -0.124. The van der Waals surface area contributed by atoms with Gasteiger partial charge in [-0.05, 0) is 43.5 Å². The highest BCUT2D eigenvalue weighted by Crippen LogP contribution is 2.36. The van der Waals surface area contributed by atoms with E-state index in [0.717, 1.165) is 11.3 Å². The maximum atomic E-state index is 12.2. The Balaban J connectivity index is 2.47. The molecule has 1 atom stereocenters. The molecule has 17 heavy (non-hydrogen) atoms. The molecule has 1 aliphatic carbocycles. The normalized spacial score (nSPS) is 23.1. The van der Waals surface area contributed by atoms with Crippen LogP contribution in [0.4, 0.5) is 0 Å². The van der Waals surface area contributed by atoms with Gasteiger partial charge in [0.1, 0.15) is 11.2 Å². The van der Waals surface area contributed by atoms with Gasteiger partial charge >= 0.3 is 0 Å². The van der Waals surface area contributed by atoms with E-state index in [9.17, 15) is 9.59 Å². The Morgan fingerprint density at radius 1 is 1.47 bits per heavy atom. The van der Waals surface area contributed by atoms with E-state index in [-0.39, 0.29) is 5.78 Å². The van der Waals surface area contributed by atoms with Crippen LogP contribution in [0, 0.1) is 5.41 Å². The molecule has 4 heteroatoms. The van der Waals surface area contributed by atoms with Crippen LogP contribution in [0.25, 0.3) is 0 Å². The van der Waals surface area contributed by atoms with Crippen molar-refractivity contribution in [3.63, 3.8) is 0 Å². The van der Waals surface area contributed by atoms with Crippen LogP contribution >= 0.6 is 0 Å². The molecule has 1 aromatic rings. The van der Waals surface area contributed by atoms with Gasteiger partial charge in [0.25, 0.3) is 0 Å². The van der Waals surface area contributed by atoms with Crippen molar-refractivity contribution in [1.29, 1.82) is 0 Å². The summed E-state index contributed by atoms with van der Waals surface area (Å²) in [6, 6.07) is 5.27. The molecule has 2 N–H and O–H groups in total. The number of benzene rings is 1. The van der Waals surface area contributed by atoms with E-state index in [1.54, 1.807) is 26.2 Å². The van der Waals surface area contributed by atoms with E-state index in [1.807, 2.05) is 6.07 Å². The number of aryl methyl sites for hydroxylation is 1. The average molecular weight is 233 g/mol. The second-order valence-electron chi connectivity index (χ2n) is 4.55. The number of rotatable bonds is 2. The quantitative estimate of drug-likeness (QED) is 0.783. The van der Waals surface area contributed by atoms with Crippen LogP contribution in [0.3, 0.4) is 0 Å². The van der Waals surface area contributed by atoms with Crippen molar-refractivity contribution in [3.05, 3.63) is 29.3 Å². The molecule has 0 heterocycles. The molecular weight excluding hydrogens is 218 g/mol.